The van der Waals surface area contributed by atoms with Gasteiger partial charge >= 0.3 is 0 Å². The first-order valence-corrected chi connectivity index (χ1v) is 8.70. The van der Waals surface area contributed by atoms with Crippen molar-refractivity contribution in [3.63, 3.8) is 0 Å². The van der Waals surface area contributed by atoms with Crippen molar-refractivity contribution in [1.82, 2.24) is 24.6 Å². The molecule has 4 rings (SSSR count). The van der Waals surface area contributed by atoms with Crippen LogP contribution in [0, 0.1) is 0 Å². The number of aromatic nitrogens is 5. The van der Waals surface area contributed by atoms with Crippen LogP contribution in [0.1, 0.15) is 6.92 Å². The standard InChI is InChI=1S/C18H15N5S/c1-2-24-18-21-17-20-15(13-7-4-3-5-8-13)11-16(23(17)22-18)14-9-6-10-19-12-14/h3-12H,2H2,1H3. The van der Waals surface area contributed by atoms with Gasteiger partial charge in [-0.15, -0.1) is 5.10 Å². The van der Waals surface area contributed by atoms with Gasteiger partial charge in [0.15, 0.2) is 0 Å². The third-order valence-corrected chi connectivity index (χ3v) is 4.31. The van der Waals surface area contributed by atoms with E-state index in [1.54, 1.807) is 22.5 Å². The van der Waals surface area contributed by atoms with Gasteiger partial charge < -0.3 is 0 Å². The van der Waals surface area contributed by atoms with E-state index in [0.29, 0.717) is 5.78 Å². The summed E-state index contributed by atoms with van der Waals surface area (Å²) >= 11 is 1.61. The number of hydrogen-bond donors (Lipinski definition) is 0. The lowest BCUT2D eigenvalue weighted by atomic mass is 10.1. The lowest BCUT2D eigenvalue weighted by molar-refractivity contribution is 0.886. The summed E-state index contributed by atoms with van der Waals surface area (Å²) in [7, 11) is 0. The Hall–Kier alpha value is -2.73. The first-order chi connectivity index (χ1) is 11.8. The number of rotatable bonds is 4. The maximum Gasteiger partial charge on any atom is 0.254 e. The molecule has 0 spiro atoms. The largest absolute Gasteiger partial charge is 0.264 e. The SMILES string of the molecule is CCSc1nc2nc(-c3ccccc3)cc(-c3cccnc3)n2n1. The summed E-state index contributed by atoms with van der Waals surface area (Å²) in [6.45, 7) is 2.08. The molecule has 0 aliphatic carbocycles. The Morgan fingerprint density at radius 1 is 1.00 bits per heavy atom. The number of nitrogens with zero attached hydrogens (tertiary/aromatic N) is 5. The summed E-state index contributed by atoms with van der Waals surface area (Å²) < 4.78 is 1.79. The highest BCUT2D eigenvalue weighted by Gasteiger charge is 2.13. The molecule has 0 fully saturated rings. The molecule has 0 saturated carbocycles. The lowest BCUT2D eigenvalue weighted by Crippen LogP contribution is -1.99. The smallest absolute Gasteiger partial charge is 0.254 e. The minimum Gasteiger partial charge on any atom is -0.264 e. The van der Waals surface area contributed by atoms with Crippen LogP contribution >= 0.6 is 11.8 Å². The second-order valence-corrected chi connectivity index (χ2v) is 6.40. The highest BCUT2D eigenvalue weighted by molar-refractivity contribution is 7.99. The third-order valence-electron chi connectivity index (χ3n) is 3.59. The van der Waals surface area contributed by atoms with E-state index in [9.17, 15) is 0 Å². The van der Waals surface area contributed by atoms with E-state index >= 15 is 0 Å². The molecule has 0 bridgehead atoms. The Labute approximate surface area is 143 Å². The number of pyridine rings is 1. The summed E-state index contributed by atoms with van der Waals surface area (Å²) in [5, 5.41) is 5.33. The number of thioether (sulfide) groups is 1. The maximum atomic E-state index is 4.69. The van der Waals surface area contributed by atoms with Crippen molar-refractivity contribution in [3.8, 4) is 22.5 Å². The quantitative estimate of drug-likeness (QED) is 0.529. The first-order valence-electron chi connectivity index (χ1n) is 7.71. The molecule has 0 radical (unpaired) electrons. The van der Waals surface area contributed by atoms with Crippen LogP contribution in [-0.4, -0.2) is 30.3 Å². The van der Waals surface area contributed by atoms with Crippen LogP contribution in [0.2, 0.25) is 0 Å². The van der Waals surface area contributed by atoms with Gasteiger partial charge in [-0.2, -0.15) is 9.50 Å². The molecule has 0 saturated heterocycles. The molecule has 0 amide bonds. The lowest BCUT2D eigenvalue weighted by Gasteiger charge is -2.07. The van der Waals surface area contributed by atoms with Crippen molar-refractivity contribution >= 4 is 17.5 Å². The van der Waals surface area contributed by atoms with Crippen LogP contribution in [0.4, 0.5) is 0 Å². The summed E-state index contributed by atoms with van der Waals surface area (Å²) in [6.07, 6.45) is 3.59. The van der Waals surface area contributed by atoms with Gasteiger partial charge in [-0.1, -0.05) is 49.0 Å². The van der Waals surface area contributed by atoms with Crippen molar-refractivity contribution in [3.05, 3.63) is 60.9 Å². The van der Waals surface area contributed by atoms with Crippen molar-refractivity contribution in [1.29, 1.82) is 0 Å². The molecule has 4 aromatic rings. The maximum absolute atomic E-state index is 4.69. The zero-order valence-corrected chi connectivity index (χ0v) is 13.9. The molecule has 0 N–H and O–H groups in total. The van der Waals surface area contributed by atoms with Crippen molar-refractivity contribution in [2.45, 2.75) is 12.1 Å². The van der Waals surface area contributed by atoms with Gasteiger partial charge in [0.25, 0.3) is 5.78 Å². The molecule has 118 valence electrons. The average Bonchev–Trinajstić information content (AvgIpc) is 3.05. The van der Waals surface area contributed by atoms with E-state index in [1.807, 2.05) is 54.7 Å². The summed E-state index contributed by atoms with van der Waals surface area (Å²) in [4.78, 5) is 13.5. The number of hydrogen-bond acceptors (Lipinski definition) is 5. The van der Waals surface area contributed by atoms with E-state index in [2.05, 4.69) is 22.0 Å². The molecule has 0 atom stereocenters. The Balaban J connectivity index is 1.96. The fourth-order valence-electron chi connectivity index (χ4n) is 2.52. The monoisotopic (exact) mass is 333 g/mol. The van der Waals surface area contributed by atoms with E-state index in [0.717, 1.165) is 33.4 Å². The zero-order valence-electron chi connectivity index (χ0n) is 13.1. The van der Waals surface area contributed by atoms with E-state index < -0.39 is 0 Å². The minimum atomic E-state index is 0.603. The fraction of sp³-hybridized carbons (Fsp3) is 0.111. The fourth-order valence-corrected chi connectivity index (χ4v) is 3.06. The van der Waals surface area contributed by atoms with Crippen LogP contribution < -0.4 is 0 Å². The van der Waals surface area contributed by atoms with Gasteiger partial charge in [-0.05, 0) is 24.0 Å². The van der Waals surface area contributed by atoms with Gasteiger partial charge in [-0.25, -0.2) is 4.98 Å². The molecule has 0 unspecified atom stereocenters. The highest BCUT2D eigenvalue weighted by atomic mass is 32.2. The summed E-state index contributed by atoms with van der Waals surface area (Å²) in [6, 6.07) is 16.1. The topological polar surface area (TPSA) is 56.0 Å². The van der Waals surface area contributed by atoms with E-state index in [1.165, 1.54) is 0 Å². The van der Waals surface area contributed by atoms with E-state index in [-0.39, 0.29) is 0 Å². The molecule has 5 nitrogen and oxygen atoms in total. The molecule has 0 aliphatic heterocycles. The Bertz CT molecular complexity index is 967. The Morgan fingerprint density at radius 3 is 2.58 bits per heavy atom. The van der Waals surface area contributed by atoms with Crippen LogP contribution in [0.15, 0.2) is 66.1 Å². The molecule has 6 heteroatoms. The van der Waals surface area contributed by atoms with Crippen LogP contribution in [0.5, 0.6) is 0 Å². The summed E-state index contributed by atoms with van der Waals surface area (Å²) in [5.74, 6) is 1.52. The number of benzene rings is 1. The van der Waals surface area contributed by atoms with Gasteiger partial charge in [0, 0.05) is 23.5 Å². The predicted molar refractivity (Wildman–Crippen MR) is 95.8 cm³/mol. The van der Waals surface area contributed by atoms with Crippen LogP contribution in [0.3, 0.4) is 0 Å². The highest BCUT2D eigenvalue weighted by Crippen LogP contribution is 2.26. The molecule has 24 heavy (non-hydrogen) atoms. The van der Waals surface area contributed by atoms with Crippen molar-refractivity contribution in [2.24, 2.45) is 0 Å². The van der Waals surface area contributed by atoms with Crippen LogP contribution in [-0.2, 0) is 0 Å². The van der Waals surface area contributed by atoms with Crippen molar-refractivity contribution in [2.75, 3.05) is 5.75 Å². The van der Waals surface area contributed by atoms with Gasteiger partial charge in [0.05, 0.1) is 11.4 Å². The number of fused-ring (bicyclic) bond motifs is 1. The zero-order chi connectivity index (χ0) is 16.4. The minimum absolute atomic E-state index is 0.603. The Morgan fingerprint density at radius 2 is 1.83 bits per heavy atom. The second-order valence-electron chi connectivity index (χ2n) is 5.17. The molecule has 3 aromatic heterocycles. The van der Waals surface area contributed by atoms with Gasteiger partial charge in [0.2, 0.25) is 5.16 Å². The molecular weight excluding hydrogens is 318 g/mol. The third kappa shape index (κ3) is 2.76. The predicted octanol–water partition coefficient (Wildman–Crippen LogP) is 3.97. The molecule has 0 aliphatic rings. The summed E-state index contributed by atoms with van der Waals surface area (Å²) in [5.41, 5.74) is 3.85. The van der Waals surface area contributed by atoms with Crippen LogP contribution in [0.25, 0.3) is 28.3 Å². The Kier molecular flexibility index (Phi) is 3.96. The van der Waals surface area contributed by atoms with Gasteiger partial charge in [0.1, 0.15) is 0 Å². The molecular formula is C18H15N5S. The molecule has 3 heterocycles. The average molecular weight is 333 g/mol. The van der Waals surface area contributed by atoms with E-state index in [4.69, 9.17) is 4.98 Å². The first kappa shape index (κ1) is 14.8. The normalized spacial score (nSPS) is 11.0. The van der Waals surface area contributed by atoms with Crippen molar-refractivity contribution < 1.29 is 0 Å². The van der Waals surface area contributed by atoms with Gasteiger partial charge in [-0.3, -0.25) is 4.98 Å². The second kappa shape index (κ2) is 6.41. The molecule has 1 aromatic carbocycles.